The first-order valence-electron chi connectivity index (χ1n) is 3.34. The minimum absolute atomic E-state index is 0.260. The zero-order chi connectivity index (χ0) is 10.0. The number of alkyl halides is 2. The van der Waals surface area contributed by atoms with Gasteiger partial charge in [0.15, 0.2) is 0 Å². The number of nitrogen functional groups attached to an aromatic ring is 1. The minimum atomic E-state index is -2.71. The second kappa shape index (κ2) is 3.34. The molecule has 0 amide bonds. The van der Waals surface area contributed by atoms with E-state index >= 15 is 0 Å². The highest BCUT2D eigenvalue weighted by Gasteiger charge is 2.14. The molecule has 2 N–H and O–H groups in total. The van der Waals surface area contributed by atoms with Crippen LogP contribution >= 0.6 is 0 Å². The molecule has 0 saturated carbocycles. The third-order valence-electron chi connectivity index (χ3n) is 1.52. The van der Waals surface area contributed by atoms with Gasteiger partial charge in [0.05, 0.1) is 4.92 Å². The van der Waals surface area contributed by atoms with Crippen molar-refractivity contribution in [3.05, 3.63) is 33.9 Å². The van der Waals surface area contributed by atoms with Crippen LogP contribution in [-0.4, -0.2) is 4.92 Å². The van der Waals surface area contributed by atoms with Crippen molar-refractivity contribution < 1.29 is 13.7 Å². The van der Waals surface area contributed by atoms with E-state index in [1.807, 2.05) is 0 Å². The van der Waals surface area contributed by atoms with Gasteiger partial charge in [0.1, 0.15) is 0 Å². The van der Waals surface area contributed by atoms with Gasteiger partial charge in [-0.2, -0.15) is 0 Å². The van der Waals surface area contributed by atoms with Crippen molar-refractivity contribution in [2.24, 2.45) is 0 Å². The Morgan fingerprint density at radius 2 is 2.08 bits per heavy atom. The van der Waals surface area contributed by atoms with E-state index in [9.17, 15) is 18.9 Å². The van der Waals surface area contributed by atoms with Crippen LogP contribution in [0.2, 0.25) is 0 Å². The summed E-state index contributed by atoms with van der Waals surface area (Å²) in [5, 5.41) is 10.2. The molecule has 0 aliphatic rings. The number of hydrogen-bond donors (Lipinski definition) is 1. The largest absolute Gasteiger partial charge is 0.398 e. The van der Waals surface area contributed by atoms with Crippen molar-refractivity contribution in [1.29, 1.82) is 0 Å². The molecule has 0 aromatic heterocycles. The Morgan fingerprint density at radius 1 is 1.46 bits per heavy atom. The maximum absolute atomic E-state index is 12.1. The van der Waals surface area contributed by atoms with E-state index in [4.69, 9.17) is 5.73 Å². The second-order valence-corrected chi connectivity index (χ2v) is 2.37. The van der Waals surface area contributed by atoms with Crippen LogP contribution in [0.25, 0.3) is 0 Å². The molecular formula is C7H6F2N2O2. The van der Waals surface area contributed by atoms with Crippen LogP contribution in [0.3, 0.4) is 0 Å². The first-order chi connectivity index (χ1) is 6.02. The van der Waals surface area contributed by atoms with Gasteiger partial charge in [-0.1, -0.05) is 0 Å². The summed E-state index contributed by atoms with van der Waals surface area (Å²) < 4.78 is 24.2. The molecule has 0 radical (unpaired) electrons. The van der Waals surface area contributed by atoms with E-state index in [0.717, 1.165) is 18.2 Å². The SMILES string of the molecule is Nc1cc([N+](=O)[O-])ccc1C(F)F. The number of nitro groups is 1. The van der Waals surface area contributed by atoms with E-state index in [2.05, 4.69) is 0 Å². The average molecular weight is 188 g/mol. The van der Waals surface area contributed by atoms with E-state index in [1.165, 1.54) is 0 Å². The summed E-state index contributed by atoms with van der Waals surface area (Å²) in [5.41, 5.74) is 4.24. The van der Waals surface area contributed by atoms with Crippen molar-refractivity contribution >= 4 is 11.4 Å². The Hall–Kier alpha value is -1.72. The molecule has 0 aliphatic heterocycles. The van der Waals surface area contributed by atoms with Crippen molar-refractivity contribution in [3.8, 4) is 0 Å². The number of anilines is 1. The summed E-state index contributed by atoms with van der Waals surface area (Å²) in [7, 11) is 0. The number of nitro benzene ring substituents is 1. The fourth-order valence-electron chi connectivity index (χ4n) is 0.874. The van der Waals surface area contributed by atoms with E-state index in [0.29, 0.717) is 0 Å². The summed E-state index contributed by atoms with van der Waals surface area (Å²) >= 11 is 0. The number of hydrogen-bond acceptors (Lipinski definition) is 3. The molecule has 1 aromatic rings. The van der Waals surface area contributed by atoms with Crippen molar-refractivity contribution in [2.75, 3.05) is 5.73 Å². The number of benzene rings is 1. The van der Waals surface area contributed by atoms with Crippen LogP contribution < -0.4 is 5.73 Å². The highest BCUT2D eigenvalue weighted by atomic mass is 19.3. The molecule has 0 spiro atoms. The maximum Gasteiger partial charge on any atom is 0.271 e. The predicted octanol–water partition coefficient (Wildman–Crippen LogP) is 2.11. The molecule has 0 heterocycles. The number of non-ortho nitro benzene ring substituents is 1. The first kappa shape index (κ1) is 9.37. The molecule has 1 aromatic carbocycles. The number of halogens is 2. The molecule has 6 heteroatoms. The topological polar surface area (TPSA) is 69.2 Å². The van der Waals surface area contributed by atoms with Gasteiger partial charge in [0, 0.05) is 23.4 Å². The predicted molar refractivity (Wildman–Crippen MR) is 42.5 cm³/mol. The Morgan fingerprint density at radius 3 is 2.46 bits per heavy atom. The minimum Gasteiger partial charge on any atom is -0.398 e. The standard InChI is InChI=1S/C7H6F2N2O2/c8-7(9)5-2-1-4(11(12)13)3-6(5)10/h1-3,7H,10H2. The van der Waals surface area contributed by atoms with Crippen molar-refractivity contribution in [2.45, 2.75) is 6.43 Å². The summed E-state index contributed by atoms with van der Waals surface area (Å²) in [5.74, 6) is 0. The van der Waals surface area contributed by atoms with Gasteiger partial charge in [-0.05, 0) is 6.07 Å². The smallest absolute Gasteiger partial charge is 0.271 e. The molecule has 0 fully saturated rings. The van der Waals surface area contributed by atoms with Crippen molar-refractivity contribution in [3.63, 3.8) is 0 Å². The van der Waals surface area contributed by atoms with Crippen LogP contribution in [0.5, 0.6) is 0 Å². The molecule has 70 valence electrons. The zero-order valence-electron chi connectivity index (χ0n) is 6.41. The van der Waals surface area contributed by atoms with Crippen LogP contribution in [0.4, 0.5) is 20.2 Å². The normalized spacial score (nSPS) is 10.4. The fourth-order valence-corrected chi connectivity index (χ4v) is 0.874. The Bertz CT molecular complexity index is 341. The van der Waals surface area contributed by atoms with E-state index in [1.54, 1.807) is 0 Å². The second-order valence-electron chi connectivity index (χ2n) is 2.37. The molecule has 13 heavy (non-hydrogen) atoms. The fraction of sp³-hybridized carbons (Fsp3) is 0.143. The third kappa shape index (κ3) is 1.90. The van der Waals surface area contributed by atoms with Gasteiger partial charge in [-0.25, -0.2) is 8.78 Å². The van der Waals surface area contributed by atoms with Gasteiger partial charge >= 0.3 is 0 Å². The van der Waals surface area contributed by atoms with Crippen LogP contribution in [0.15, 0.2) is 18.2 Å². The Labute approximate surface area is 72.1 Å². The first-order valence-corrected chi connectivity index (χ1v) is 3.34. The monoisotopic (exact) mass is 188 g/mol. The highest BCUT2D eigenvalue weighted by molar-refractivity contribution is 5.54. The van der Waals surface area contributed by atoms with E-state index in [-0.39, 0.29) is 16.9 Å². The lowest BCUT2D eigenvalue weighted by Gasteiger charge is -2.02. The van der Waals surface area contributed by atoms with Crippen LogP contribution in [0.1, 0.15) is 12.0 Å². The number of nitrogens with two attached hydrogens (primary N) is 1. The van der Waals surface area contributed by atoms with Gasteiger partial charge < -0.3 is 5.73 Å². The summed E-state index contributed by atoms with van der Waals surface area (Å²) in [6.45, 7) is 0. The lowest BCUT2D eigenvalue weighted by Crippen LogP contribution is -1.96. The quantitative estimate of drug-likeness (QED) is 0.439. The highest BCUT2D eigenvalue weighted by Crippen LogP contribution is 2.27. The summed E-state index contributed by atoms with van der Waals surface area (Å²) in [6, 6.07) is 2.87. The lowest BCUT2D eigenvalue weighted by atomic mass is 10.2. The van der Waals surface area contributed by atoms with Gasteiger partial charge in [0.25, 0.3) is 12.1 Å². The molecule has 0 unspecified atom stereocenters. The Kier molecular flexibility index (Phi) is 2.41. The molecule has 0 aliphatic carbocycles. The van der Waals surface area contributed by atoms with Crippen LogP contribution in [-0.2, 0) is 0 Å². The van der Waals surface area contributed by atoms with Crippen molar-refractivity contribution in [1.82, 2.24) is 0 Å². The molecule has 0 saturated heterocycles. The van der Waals surface area contributed by atoms with Crippen LogP contribution in [0, 0.1) is 10.1 Å². The third-order valence-corrected chi connectivity index (χ3v) is 1.52. The lowest BCUT2D eigenvalue weighted by molar-refractivity contribution is -0.384. The molecule has 1 rings (SSSR count). The number of nitrogens with zero attached hydrogens (tertiary/aromatic N) is 1. The summed E-state index contributed by atoms with van der Waals surface area (Å²) in [6.07, 6.45) is -2.71. The molecule has 0 bridgehead atoms. The molecular weight excluding hydrogens is 182 g/mol. The van der Waals surface area contributed by atoms with Gasteiger partial charge in [-0.15, -0.1) is 0 Å². The number of rotatable bonds is 2. The molecule has 4 nitrogen and oxygen atoms in total. The summed E-state index contributed by atoms with van der Waals surface area (Å²) in [4.78, 5) is 9.51. The van der Waals surface area contributed by atoms with E-state index < -0.39 is 11.3 Å². The Balaban J connectivity index is 3.13. The van der Waals surface area contributed by atoms with Gasteiger partial charge in [-0.3, -0.25) is 10.1 Å². The molecule has 0 atom stereocenters. The van der Waals surface area contributed by atoms with Gasteiger partial charge in [0.2, 0.25) is 0 Å². The average Bonchev–Trinajstić information content (AvgIpc) is 2.03. The maximum atomic E-state index is 12.1. The zero-order valence-corrected chi connectivity index (χ0v) is 6.41.